The first-order valence-electron chi connectivity index (χ1n) is 6.73. The molecule has 0 aliphatic heterocycles. The van der Waals surface area contributed by atoms with Crippen LogP contribution in [0.3, 0.4) is 0 Å². The van der Waals surface area contributed by atoms with Crippen LogP contribution in [0.2, 0.25) is 0 Å². The number of carbonyl (C=O) groups is 2. The van der Waals surface area contributed by atoms with Crippen LogP contribution < -0.4 is 5.32 Å². The molecule has 7 nitrogen and oxygen atoms in total. The second kappa shape index (κ2) is 5.90. The van der Waals surface area contributed by atoms with Gasteiger partial charge in [0.2, 0.25) is 0 Å². The summed E-state index contributed by atoms with van der Waals surface area (Å²) >= 11 is 0. The van der Waals surface area contributed by atoms with Crippen molar-refractivity contribution in [2.75, 3.05) is 0 Å². The van der Waals surface area contributed by atoms with Crippen LogP contribution in [0, 0.1) is 13.8 Å². The van der Waals surface area contributed by atoms with Crippen molar-refractivity contribution >= 4 is 17.5 Å². The molecule has 0 bridgehead atoms. The Morgan fingerprint density at radius 2 is 2.14 bits per heavy atom. The van der Waals surface area contributed by atoms with Gasteiger partial charge in [0.15, 0.2) is 5.65 Å². The third kappa shape index (κ3) is 3.36. The smallest absolute Gasteiger partial charge is 0.303 e. The molecule has 0 aromatic carbocycles. The molecule has 2 aromatic rings. The van der Waals surface area contributed by atoms with Crippen molar-refractivity contribution in [1.82, 2.24) is 19.9 Å². The maximum Gasteiger partial charge on any atom is 0.303 e. The van der Waals surface area contributed by atoms with Gasteiger partial charge in [-0.05, 0) is 33.3 Å². The molecule has 0 saturated heterocycles. The number of fused-ring (bicyclic) bond motifs is 1. The number of nitrogens with zero attached hydrogens (tertiary/aromatic N) is 3. The number of nitrogens with one attached hydrogen (secondary N) is 1. The van der Waals surface area contributed by atoms with Gasteiger partial charge >= 0.3 is 5.97 Å². The molecular weight excluding hydrogens is 272 g/mol. The number of rotatable bonds is 5. The molecular formula is C14H18N4O3. The van der Waals surface area contributed by atoms with Gasteiger partial charge in [-0.1, -0.05) is 0 Å². The normalized spacial score (nSPS) is 12.3. The average molecular weight is 290 g/mol. The van der Waals surface area contributed by atoms with E-state index in [2.05, 4.69) is 15.4 Å². The fourth-order valence-electron chi connectivity index (χ4n) is 2.14. The molecule has 7 heteroatoms. The molecule has 2 N–H and O–H groups in total. The van der Waals surface area contributed by atoms with E-state index >= 15 is 0 Å². The van der Waals surface area contributed by atoms with E-state index in [9.17, 15) is 9.59 Å². The Morgan fingerprint density at radius 3 is 2.81 bits per heavy atom. The Labute approximate surface area is 122 Å². The number of carbonyl (C=O) groups excluding carboxylic acids is 1. The summed E-state index contributed by atoms with van der Waals surface area (Å²) in [4.78, 5) is 27.1. The highest BCUT2D eigenvalue weighted by Crippen LogP contribution is 2.12. The molecule has 0 spiro atoms. The number of carboxylic acid groups (broad SMARTS) is 1. The lowest BCUT2D eigenvalue weighted by Gasteiger charge is -2.12. The predicted octanol–water partition coefficient (Wildman–Crippen LogP) is 1.33. The molecule has 21 heavy (non-hydrogen) atoms. The van der Waals surface area contributed by atoms with E-state index in [1.165, 1.54) is 6.20 Å². The second-order valence-corrected chi connectivity index (χ2v) is 5.14. The van der Waals surface area contributed by atoms with Gasteiger partial charge < -0.3 is 10.4 Å². The minimum atomic E-state index is -0.875. The van der Waals surface area contributed by atoms with Crippen molar-refractivity contribution in [2.24, 2.45) is 0 Å². The Balaban J connectivity index is 2.18. The van der Waals surface area contributed by atoms with Gasteiger partial charge in [0, 0.05) is 23.9 Å². The number of hydrogen-bond acceptors (Lipinski definition) is 4. The molecule has 0 radical (unpaired) electrons. The summed E-state index contributed by atoms with van der Waals surface area (Å²) in [6.45, 7) is 5.53. The molecule has 0 saturated carbocycles. The lowest BCUT2D eigenvalue weighted by molar-refractivity contribution is -0.137. The Hall–Kier alpha value is -2.44. The third-order valence-electron chi connectivity index (χ3n) is 3.19. The van der Waals surface area contributed by atoms with Crippen LogP contribution in [0.25, 0.3) is 5.65 Å². The summed E-state index contributed by atoms with van der Waals surface area (Å²) in [7, 11) is 0. The molecule has 112 valence electrons. The van der Waals surface area contributed by atoms with E-state index in [1.807, 2.05) is 19.9 Å². The van der Waals surface area contributed by atoms with E-state index in [4.69, 9.17) is 5.11 Å². The minimum Gasteiger partial charge on any atom is -0.481 e. The monoisotopic (exact) mass is 290 g/mol. The van der Waals surface area contributed by atoms with Crippen LogP contribution in [-0.4, -0.2) is 37.6 Å². The molecule has 0 fully saturated rings. The van der Waals surface area contributed by atoms with Gasteiger partial charge in [-0.2, -0.15) is 5.10 Å². The first-order valence-corrected chi connectivity index (χ1v) is 6.73. The van der Waals surface area contributed by atoms with Crippen molar-refractivity contribution in [3.63, 3.8) is 0 Å². The fraction of sp³-hybridized carbons (Fsp3) is 0.429. The minimum absolute atomic E-state index is 0.0205. The van der Waals surface area contributed by atoms with Crippen molar-refractivity contribution < 1.29 is 14.7 Å². The topological polar surface area (TPSA) is 96.6 Å². The van der Waals surface area contributed by atoms with Crippen molar-refractivity contribution in [2.45, 2.75) is 39.7 Å². The Morgan fingerprint density at radius 1 is 1.43 bits per heavy atom. The Bertz CT molecular complexity index is 693. The average Bonchev–Trinajstić information content (AvgIpc) is 2.80. The standard InChI is InChI=1S/C14H18N4O3/c1-8(4-5-12(19)20)17-14(21)11-7-15-18-10(3)6-9(2)16-13(11)18/h6-8H,4-5H2,1-3H3,(H,17,21)(H,19,20). The van der Waals surface area contributed by atoms with E-state index in [1.54, 1.807) is 11.4 Å². The lowest BCUT2D eigenvalue weighted by Crippen LogP contribution is -2.33. The van der Waals surface area contributed by atoms with Crippen LogP contribution in [0.1, 0.15) is 41.5 Å². The van der Waals surface area contributed by atoms with Crippen molar-refractivity contribution in [3.05, 3.63) is 29.2 Å². The van der Waals surface area contributed by atoms with E-state index in [0.717, 1.165) is 11.4 Å². The van der Waals surface area contributed by atoms with Crippen LogP contribution in [0.5, 0.6) is 0 Å². The number of aryl methyl sites for hydroxylation is 2. The van der Waals surface area contributed by atoms with Gasteiger partial charge in [0.1, 0.15) is 5.56 Å². The summed E-state index contributed by atoms with van der Waals surface area (Å²) in [6.07, 6.45) is 1.88. The predicted molar refractivity (Wildman–Crippen MR) is 76.3 cm³/mol. The van der Waals surface area contributed by atoms with Gasteiger partial charge in [0.05, 0.1) is 6.20 Å². The van der Waals surface area contributed by atoms with Gasteiger partial charge in [0.25, 0.3) is 5.91 Å². The van der Waals surface area contributed by atoms with E-state index in [-0.39, 0.29) is 18.4 Å². The fourth-order valence-corrected chi connectivity index (χ4v) is 2.14. The maximum atomic E-state index is 12.2. The SMILES string of the molecule is Cc1cc(C)n2ncc(C(=O)NC(C)CCC(=O)O)c2n1. The van der Waals surface area contributed by atoms with E-state index < -0.39 is 5.97 Å². The highest BCUT2D eigenvalue weighted by atomic mass is 16.4. The molecule has 1 amide bonds. The summed E-state index contributed by atoms with van der Waals surface area (Å²) in [5, 5.41) is 15.6. The molecule has 0 aliphatic rings. The van der Waals surface area contributed by atoms with Gasteiger partial charge in [-0.25, -0.2) is 9.50 Å². The molecule has 2 rings (SSSR count). The zero-order valence-electron chi connectivity index (χ0n) is 12.3. The lowest BCUT2D eigenvalue weighted by atomic mass is 10.1. The first kappa shape index (κ1) is 15.0. The number of hydrogen-bond donors (Lipinski definition) is 2. The Kier molecular flexibility index (Phi) is 4.21. The number of aromatic nitrogens is 3. The van der Waals surface area contributed by atoms with Crippen molar-refractivity contribution in [1.29, 1.82) is 0 Å². The summed E-state index contributed by atoms with van der Waals surface area (Å²) in [5.74, 6) is -1.17. The second-order valence-electron chi connectivity index (χ2n) is 5.14. The summed E-state index contributed by atoms with van der Waals surface area (Å²) in [5.41, 5.74) is 2.61. The molecule has 1 unspecified atom stereocenters. The highest BCUT2D eigenvalue weighted by Gasteiger charge is 2.17. The van der Waals surface area contributed by atoms with Crippen LogP contribution in [0.4, 0.5) is 0 Å². The maximum absolute atomic E-state index is 12.2. The molecule has 1 atom stereocenters. The largest absolute Gasteiger partial charge is 0.481 e. The van der Waals surface area contributed by atoms with Crippen LogP contribution >= 0.6 is 0 Å². The van der Waals surface area contributed by atoms with Gasteiger partial charge in [-0.3, -0.25) is 9.59 Å². The van der Waals surface area contributed by atoms with Crippen LogP contribution in [-0.2, 0) is 4.79 Å². The number of amides is 1. The zero-order valence-corrected chi connectivity index (χ0v) is 12.3. The highest BCUT2D eigenvalue weighted by molar-refractivity contribution is 5.99. The number of carboxylic acids is 1. The summed E-state index contributed by atoms with van der Waals surface area (Å²) < 4.78 is 1.61. The molecule has 2 heterocycles. The van der Waals surface area contributed by atoms with Crippen LogP contribution in [0.15, 0.2) is 12.3 Å². The van der Waals surface area contributed by atoms with E-state index in [0.29, 0.717) is 17.6 Å². The molecule has 2 aromatic heterocycles. The number of aliphatic carboxylic acids is 1. The zero-order chi connectivity index (χ0) is 15.6. The first-order chi connectivity index (χ1) is 9.88. The quantitative estimate of drug-likeness (QED) is 0.866. The third-order valence-corrected chi connectivity index (χ3v) is 3.19. The van der Waals surface area contributed by atoms with Gasteiger partial charge in [-0.15, -0.1) is 0 Å². The van der Waals surface area contributed by atoms with Crippen molar-refractivity contribution in [3.8, 4) is 0 Å². The molecule has 0 aliphatic carbocycles. The summed E-state index contributed by atoms with van der Waals surface area (Å²) in [6, 6.07) is 1.66.